The van der Waals surface area contributed by atoms with Gasteiger partial charge in [-0.2, -0.15) is 4.39 Å². The number of halogens is 2. The smallest absolute Gasteiger partial charge is 0.251 e. The molecule has 1 aromatic carbocycles. The molecule has 0 fully saturated rings. The fourth-order valence-corrected chi connectivity index (χ4v) is 1.95. The number of benzene rings is 1. The van der Waals surface area contributed by atoms with Crippen LogP contribution in [0, 0.1) is 5.95 Å². The van der Waals surface area contributed by atoms with Gasteiger partial charge >= 0.3 is 0 Å². The van der Waals surface area contributed by atoms with Gasteiger partial charge in [0.2, 0.25) is 5.95 Å². The van der Waals surface area contributed by atoms with Crippen LogP contribution in [0.15, 0.2) is 36.5 Å². The molecule has 0 radical (unpaired) electrons. The van der Waals surface area contributed by atoms with Gasteiger partial charge in [0.1, 0.15) is 5.75 Å². The van der Waals surface area contributed by atoms with Crippen molar-refractivity contribution in [3.8, 4) is 5.75 Å². The lowest BCUT2D eigenvalue weighted by Gasteiger charge is -2.11. The van der Waals surface area contributed by atoms with E-state index in [9.17, 15) is 9.18 Å². The standard InChI is InChI=1S/C14H12ClFN2O2/c1-20-12-4-2-3-11(15)10(12)8-18-14(19)9-5-6-17-13(16)7-9/h2-7H,8H2,1H3,(H,18,19). The Bertz CT molecular complexity index is 634. The van der Waals surface area contributed by atoms with E-state index in [1.807, 2.05) is 0 Å². The van der Waals surface area contributed by atoms with Crippen molar-refractivity contribution in [3.63, 3.8) is 0 Å². The summed E-state index contributed by atoms with van der Waals surface area (Å²) in [4.78, 5) is 15.3. The van der Waals surface area contributed by atoms with Gasteiger partial charge in [0.25, 0.3) is 5.91 Å². The van der Waals surface area contributed by atoms with Crippen LogP contribution in [0.1, 0.15) is 15.9 Å². The van der Waals surface area contributed by atoms with E-state index in [-0.39, 0.29) is 12.1 Å². The van der Waals surface area contributed by atoms with Gasteiger partial charge in [-0.1, -0.05) is 17.7 Å². The second-order valence-corrected chi connectivity index (χ2v) is 4.38. The van der Waals surface area contributed by atoms with Crippen LogP contribution in [-0.2, 0) is 6.54 Å². The van der Waals surface area contributed by atoms with E-state index in [0.717, 1.165) is 6.07 Å². The number of hydrogen-bond acceptors (Lipinski definition) is 3. The molecule has 0 saturated heterocycles. The van der Waals surface area contributed by atoms with E-state index in [1.54, 1.807) is 18.2 Å². The largest absolute Gasteiger partial charge is 0.496 e. The Hall–Kier alpha value is -2.14. The van der Waals surface area contributed by atoms with Crippen LogP contribution in [-0.4, -0.2) is 18.0 Å². The summed E-state index contributed by atoms with van der Waals surface area (Å²) in [5.41, 5.74) is 0.864. The van der Waals surface area contributed by atoms with Crippen LogP contribution in [0.5, 0.6) is 5.75 Å². The molecule has 0 aliphatic rings. The summed E-state index contributed by atoms with van der Waals surface area (Å²) < 4.78 is 18.1. The third kappa shape index (κ3) is 3.24. The van der Waals surface area contributed by atoms with E-state index in [2.05, 4.69) is 10.3 Å². The number of amides is 1. The molecule has 0 bridgehead atoms. The van der Waals surface area contributed by atoms with Gasteiger partial charge in [-0.15, -0.1) is 0 Å². The highest BCUT2D eigenvalue weighted by Crippen LogP contribution is 2.25. The number of nitrogens with one attached hydrogen (secondary N) is 1. The first kappa shape index (κ1) is 14.3. The molecule has 1 aromatic heterocycles. The first-order valence-electron chi connectivity index (χ1n) is 5.83. The van der Waals surface area contributed by atoms with Crippen molar-refractivity contribution in [2.75, 3.05) is 7.11 Å². The first-order chi connectivity index (χ1) is 9.61. The Kier molecular flexibility index (Phi) is 4.53. The van der Waals surface area contributed by atoms with Crippen molar-refractivity contribution < 1.29 is 13.9 Å². The fourth-order valence-electron chi connectivity index (χ4n) is 1.72. The van der Waals surface area contributed by atoms with Crippen molar-refractivity contribution >= 4 is 17.5 Å². The molecule has 0 atom stereocenters. The van der Waals surface area contributed by atoms with Gasteiger partial charge in [-0.25, -0.2) is 4.98 Å². The molecule has 104 valence electrons. The summed E-state index contributed by atoms with van der Waals surface area (Å²) in [5, 5.41) is 3.15. The zero-order valence-electron chi connectivity index (χ0n) is 10.7. The number of ether oxygens (including phenoxy) is 1. The summed E-state index contributed by atoms with van der Waals surface area (Å²) in [6, 6.07) is 7.71. The maximum absolute atomic E-state index is 12.9. The van der Waals surface area contributed by atoms with Gasteiger partial charge in [-0.05, 0) is 18.2 Å². The van der Waals surface area contributed by atoms with Crippen LogP contribution in [0.25, 0.3) is 0 Å². The number of rotatable bonds is 4. The van der Waals surface area contributed by atoms with Gasteiger partial charge in [0, 0.05) is 35.0 Å². The summed E-state index contributed by atoms with van der Waals surface area (Å²) in [7, 11) is 1.52. The van der Waals surface area contributed by atoms with E-state index in [1.165, 1.54) is 19.4 Å². The van der Waals surface area contributed by atoms with Crippen molar-refractivity contribution in [3.05, 3.63) is 58.6 Å². The maximum Gasteiger partial charge on any atom is 0.251 e. The highest BCUT2D eigenvalue weighted by atomic mass is 35.5. The van der Waals surface area contributed by atoms with Gasteiger partial charge < -0.3 is 10.1 Å². The van der Waals surface area contributed by atoms with E-state index in [0.29, 0.717) is 16.3 Å². The van der Waals surface area contributed by atoms with Crippen LogP contribution in [0.2, 0.25) is 5.02 Å². The van der Waals surface area contributed by atoms with Gasteiger partial charge in [-0.3, -0.25) is 4.79 Å². The Balaban J connectivity index is 2.11. The Labute approximate surface area is 120 Å². The molecule has 0 saturated carbocycles. The zero-order valence-corrected chi connectivity index (χ0v) is 11.4. The van der Waals surface area contributed by atoms with Crippen molar-refractivity contribution in [2.45, 2.75) is 6.54 Å². The molecular weight excluding hydrogens is 283 g/mol. The predicted octanol–water partition coefficient (Wildman–Crippen LogP) is 2.81. The Morgan fingerprint density at radius 1 is 1.45 bits per heavy atom. The van der Waals surface area contributed by atoms with Crippen LogP contribution in [0.3, 0.4) is 0 Å². The van der Waals surface area contributed by atoms with Crippen LogP contribution >= 0.6 is 11.6 Å². The predicted molar refractivity (Wildman–Crippen MR) is 73.4 cm³/mol. The van der Waals surface area contributed by atoms with E-state index in [4.69, 9.17) is 16.3 Å². The lowest BCUT2D eigenvalue weighted by atomic mass is 10.2. The lowest BCUT2D eigenvalue weighted by molar-refractivity contribution is 0.0950. The maximum atomic E-state index is 12.9. The Morgan fingerprint density at radius 3 is 2.95 bits per heavy atom. The molecule has 4 nitrogen and oxygen atoms in total. The summed E-state index contributed by atoms with van der Waals surface area (Å²) in [5.74, 6) is -0.528. The second-order valence-electron chi connectivity index (χ2n) is 3.97. The number of carbonyl (C=O) groups is 1. The van der Waals surface area contributed by atoms with Crippen molar-refractivity contribution in [1.29, 1.82) is 0 Å². The second kappa shape index (κ2) is 6.34. The molecule has 0 unspecified atom stereocenters. The summed E-state index contributed by atoms with van der Waals surface area (Å²) in [6.07, 6.45) is 1.24. The minimum atomic E-state index is -0.701. The van der Waals surface area contributed by atoms with Crippen molar-refractivity contribution in [1.82, 2.24) is 10.3 Å². The normalized spacial score (nSPS) is 10.2. The Morgan fingerprint density at radius 2 is 2.25 bits per heavy atom. The summed E-state index contributed by atoms with van der Waals surface area (Å²) in [6.45, 7) is 0.186. The highest BCUT2D eigenvalue weighted by molar-refractivity contribution is 6.31. The number of hydrogen-bond donors (Lipinski definition) is 1. The fraction of sp³-hybridized carbons (Fsp3) is 0.143. The number of aromatic nitrogens is 1. The third-order valence-electron chi connectivity index (χ3n) is 2.71. The first-order valence-corrected chi connectivity index (χ1v) is 6.20. The molecule has 1 N–H and O–H groups in total. The van der Waals surface area contributed by atoms with Crippen LogP contribution in [0.4, 0.5) is 4.39 Å². The van der Waals surface area contributed by atoms with Gasteiger partial charge in [0.15, 0.2) is 0 Å². The van der Waals surface area contributed by atoms with Gasteiger partial charge in [0.05, 0.1) is 7.11 Å². The van der Waals surface area contributed by atoms with E-state index >= 15 is 0 Å². The summed E-state index contributed by atoms with van der Waals surface area (Å²) >= 11 is 6.06. The number of carbonyl (C=O) groups excluding carboxylic acids is 1. The van der Waals surface area contributed by atoms with Crippen LogP contribution < -0.4 is 10.1 Å². The average Bonchev–Trinajstić information content (AvgIpc) is 2.45. The molecule has 6 heteroatoms. The molecular formula is C14H12ClFN2O2. The molecule has 1 amide bonds. The number of nitrogens with zero attached hydrogens (tertiary/aromatic N) is 1. The number of methoxy groups -OCH3 is 1. The third-order valence-corrected chi connectivity index (χ3v) is 3.06. The highest BCUT2D eigenvalue weighted by Gasteiger charge is 2.11. The molecule has 2 aromatic rings. The molecule has 0 aliphatic carbocycles. The minimum absolute atomic E-state index is 0.186. The molecule has 1 heterocycles. The number of pyridine rings is 1. The molecule has 0 spiro atoms. The quantitative estimate of drug-likeness (QED) is 0.882. The van der Waals surface area contributed by atoms with E-state index < -0.39 is 11.9 Å². The average molecular weight is 295 g/mol. The van der Waals surface area contributed by atoms with Crippen molar-refractivity contribution in [2.24, 2.45) is 0 Å². The monoisotopic (exact) mass is 294 g/mol. The topological polar surface area (TPSA) is 51.2 Å². The minimum Gasteiger partial charge on any atom is -0.496 e. The molecule has 2 rings (SSSR count). The zero-order chi connectivity index (χ0) is 14.5. The SMILES string of the molecule is COc1cccc(Cl)c1CNC(=O)c1ccnc(F)c1. The molecule has 20 heavy (non-hydrogen) atoms. The molecule has 0 aliphatic heterocycles. The lowest BCUT2D eigenvalue weighted by Crippen LogP contribution is -2.23.